The second-order valence-corrected chi connectivity index (χ2v) is 8.77. The molecule has 1 N–H and O–H groups in total. The van der Waals surface area contributed by atoms with Gasteiger partial charge in [0.2, 0.25) is 0 Å². The van der Waals surface area contributed by atoms with Gasteiger partial charge >= 0.3 is 0 Å². The van der Waals surface area contributed by atoms with Crippen molar-refractivity contribution in [2.24, 2.45) is 0 Å². The Balaban J connectivity index is 1.25. The van der Waals surface area contributed by atoms with Crippen molar-refractivity contribution in [3.05, 3.63) is 60.3 Å². The molecule has 1 amide bonds. The molecule has 8 heteroatoms. The highest BCUT2D eigenvalue weighted by molar-refractivity contribution is 6.10. The average Bonchev–Trinajstić information content (AvgIpc) is 3.20. The maximum absolute atomic E-state index is 13.0. The minimum Gasteiger partial charge on any atom is -0.492 e. The molecule has 3 heterocycles. The number of carbonyl (C=O) groups is 1. The zero-order valence-corrected chi connectivity index (χ0v) is 19.9. The summed E-state index contributed by atoms with van der Waals surface area (Å²) in [5.74, 6) is 1.50. The van der Waals surface area contributed by atoms with Gasteiger partial charge in [0.15, 0.2) is 0 Å². The fourth-order valence-corrected chi connectivity index (χ4v) is 4.49. The number of aromatic nitrogens is 1. The van der Waals surface area contributed by atoms with Crippen LogP contribution in [0.2, 0.25) is 0 Å². The van der Waals surface area contributed by atoms with Gasteiger partial charge in [-0.2, -0.15) is 0 Å². The number of nitrogens with zero attached hydrogens (tertiary/aromatic N) is 3. The maximum atomic E-state index is 13.0. The van der Waals surface area contributed by atoms with E-state index < -0.39 is 0 Å². The number of hydrogen-bond acceptors (Lipinski definition) is 7. The highest BCUT2D eigenvalue weighted by Crippen LogP contribution is 2.32. The van der Waals surface area contributed by atoms with E-state index in [1.54, 1.807) is 6.20 Å². The lowest BCUT2D eigenvalue weighted by molar-refractivity contribution is 0.0323. The van der Waals surface area contributed by atoms with Gasteiger partial charge in [-0.15, -0.1) is 0 Å². The first kappa shape index (κ1) is 23.5. The van der Waals surface area contributed by atoms with Crippen LogP contribution >= 0.6 is 0 Å². The van der Waals surface area contributed by atoms with Crippen LogP contribution in [0.15, 0.2) is 54.7 Å². The summed E-state index contributed by atoms with van der Waals surface area (Å²) in [6, 6.07) is 15.6. The van der Waals surface area contributed by atoms with Crippen LogP contribution in [-0.4, -0.2) is 81.5 Å². The highest BCUT2D eigenvalue weighted by atomic mass is 16.5. The van der Waals surface area contributed by atoms with Crippen LogP contribution in [0.4, 0.5) is 11.5 Å². The summed E-state index contributed by atoms with van der Waals surface area (Å²) in [7, 11) is 0. The monoisotopic (exact) mass is 476 g/mol. The largest absolute Gasteiger partial charge is 0.492 e. The Morgan fingerprint density at radius 3 is 2.54 bits per heavy atom. The second-order valence-electron chi connectivity index (χ2n) is 8.77. The summed E-state index contributed by atoms with van der Waals surface area (Å²) < 4.78 is 17.1. The number of rotatable bonds is 7. The van der Waals surface area contributed by atoms with Gasteiger partial charge in [0.25, 0.3) is 5.91 Å². The quantitative estimate of drug-likeness (QED) is 0.560. The number of hydrogen-bond donors (Lipinski definition) is 1. The molecule has 0 saturated carbocycles. The fourth-order valence-electron chi connectivity index (χ4n) is 4.49. The van der Waals surface area contributed by atoms with Crippen LogP contribution in [0.3, 0.4) is 0 Å². The topological polar surface area (TPSA) is 76.2 Å². The SMILES string of the molecule is O=C(Nc1ccc(OCCN2CCOCC2)c2ccccc12)c1ccc(N2CCCOCC2)nc1. The molecule has 2 saturated heterocycles. The third-order valence-electron chi connectivity index (χ3n) is 6.46. The van der Waals surface area contributed by atoms with E-state index in [0.717, 1.165) is 87.0 Å². The summed E-state index contributed by atoms with van der Waals surface area (Å²) in [6.45, 7) is 8.12. The number of benzene rings is 2. The molecule has 35 heavy (non-hydrogen) atoms. The first-order valence-corrected chi connectivity index (χ1v) is 12.3. The molecule has 2 aliphatic heterocycles. The van der Waals surface area contributed by atoms with Crippen LogP contribution in [0.25, 0.3) is 10.8 Å². The van der Waals surface area contributed by atoms with E-state index in [-0.39, 0.29) is 5.91 Å². The normalized spacial score (nSPS) is 17.2. The molecule has 0 unspecified atom stereocenters. The van der Waals surface area contributed by atoms with E-state index in [0.29, 0.717) is 18.8 Å². The summed E-state index contributed by atoms with van der Waals surface area (Å²) in [4.78, 5) is 22.1. The van der Waals surface area contributed by atoms with Crippen molar-refractivity contribution >= 4 is 28.2 Å². The van der Waals surface area contributed by atoms with Crippen molar-refractivity contribution in [1.29, 1.82) is 0 Å². The van der Waals surface area contributed by atoms with E-state index in [2.05, 4.69) is 20.1 Å². The van der Waals surface area contributed by atoms with Gasteiger partial charge in [0.1, 0.15) is 18.2 Å². The van der Waals surface area contributed by atoms with Gasteiger partial charge in [-0.25, -0.2) is 4.98 Å². The number of amides is 1. The first-order valence-electron chi connectivity index (χ1n) is 12.3. The molecule has 184 valence electrons. The zero-order valence-electron chi connectivity index (χ0n) is 19.9. The molecular weight excluding hydrogens is 444 g/mol. The van der Waals surface area contributed by atoms with Crippen LogP contribution < -0.4 is 15.0 Å². The van der Waals surface area contributed by atoms with E-state index >= 15 is 0 Å². The lowest BCUT2D eigenvalue weighted by Gasteiger charge is -2.26. The Labute approximate surface area is 205 Å². The smallest absolute Gasteiger partial charge is 0.257 e. The van der Waals surface area contributed by atoms with Crippen molar-refractivity contribution in [1.82, 2.24) is 9.88 Å². The maximum Gasteiger partial charge on any atom is 0.257 e. The third-order valence-corrected chi connectivity index (χ3v) is 6.46. The molecule has 3 aromatic rings. The molecule has 0 radical (unpaired) electrons. The minimum absolute atomic E-state index is 0.186. The van der Waals surface area contributed by atoms with Gasteiger partial charge in [-0.3, -0.25) is 9.69 Å². The van der Waals surface area contributed by atoms with Crippen molar-refractivity contribution in [3.63, 3.8) is 0 Å². The Kier molecular flexibility index (Phi) is 7.72. The number of fused-ring (bicyclic) bond motifs is 1. The number of carbonyl (C=O) groups excluding carboxylic acids is 1. The predicted molar refractivity (Wildman–Crippen MR) is 137 cm³/mol. The molecule has 1 aromatic heterocycles. The van der Waals surface area contributed by atoms with Gasteiger partial charge in [0.05, 0.1) is 25.4 Å². The Bertz CT molecular complexity index is 1120. The van der Waals surface area contributed by atoms with Crippen molar-refractivity contribution in [2.45, 2.75) is 6.42 Å². The molecule has 8 nitrogen and oxygen atoms in total. The molecule has 0 bridgehead atoms. The van der Waals surface area contributed by atoms with Gasteiger partial charge in [-0.1, -0.05) is 24.3 Å². The highest BCUT2D eigenvalue weighted by Gasteiger charge is 2.15. The molecule has 0 atom stereocenters. The standard InChI is InChI=1S/C27H32N4O4/c32-27(21-6-9-26(28-20-21)31-10-3-15-33-18-14-31)29-24-7-8-25(23-5-2-1-4-22(23)24)35-19-13-30-11-16-34-17-12-30/h1-2,4-9,20H,3,10-19H2,(H,29,32). The zero-order chi connectivity index (χ0) is 23.9. The molecular formula is C27H32N4O4. The van der Waals surface area contributed by atoms with Crippen LogP contribution in [0.1, 0.15) is 16.8 Å². The Hall–Kier alpha value is -3.20. The third kappa shape index (κ3) is 5.90. The van der Waals surface area contributed by atoms with Crippen LogP contribution in [0.5, 0.6) is 5.75 Å². The average molecular weight is 477 g/mol. The van der Waals surface area contributed by atoms with Gasteiger partial charge in [-0.05, 0) is 30.7 Å². The number of anilines is 2. The van der Waals surface area contributed by atoms with E-state index in [4.69, 9.17) is 14.2 Å². The van der Waals surface area contributed by atoms with E-state index in [9.17, 15) is 4.79 Å². The lowest BCUT2D eigenvalue weighted by atomic mass is 10.1. The van der Waals surface area contributed by atoms with E-state index in [1.165, 1.54) is 0 Å². The van der Waals surface area contributed by atoms with Crippen molar-refractivity contribution in [3.8, 4) is 5.75 Å². The number of ether oxygens (including phenoxy) is 3. The number of nitrogens with one attached hydrogen (secondary N) is 1. The number of pyridine rings is 1. The minimum atomic E-state index is -0.186. The summed E-state index contributed by atoms with van der Waals surface area (Å²) >= 11 is 0. The van der Waals surface area contributed by atoms with Crippen molar-refractivity contribution in [2.75, 3.05) is 76.0 Å². The van der Waals surface area contributed by atoms with Gasteiger partial charge in [0, 0.05) is 62.0 Å². The molecule has 0 aliphatic carbocycles. The Morgan fingerprint density at radius 1 is 0.914 bits per heavy atom. The van der Waals surface area contributed by atoms with Crippen molar-refractivity contribution < 1.29 is 19.0 Å². The first-order chi connectivity index (χ1) is 17.3. The van der Waals surface area contributed by atoms with Crippen LogP contribution in [-0.2, 0) is 9.47 Å². The number of morpholine rings is 1. The van der Waals surface area contributed by atoms with E-state index in [1.807, 2.05) is 48.5 Å². The van der Waals surface area contributed by atoms with Crippen LogP contribution in [0, 0.1) is 0 Å². The molecule has 2 aromatic carbocycles. The molecule has 2 fully saturated rings. The molecule has 2 aliphatic rings. The summed E-state index contributed by atoms with van der Waals surface area (Å²) in [5, 5.41) is 4.97. The second kappa shape index (κ2) is 11.5. The molecule has 5 rings (SSSR count). The predicted octanol–water partition coefficient (Wildman–Crippen LogP) is 3.42. The fraction of sp³-hybridized carbons (Fsp3) is 0.407. The van der Waals surface area contributed by atoms with Gasteiger partial charge < -0.3 is 24.4 Å². The Morgan fingerprint density at radius 2 is 1.71 bits per heavy atom. The summed E-state index contributed by atoms with van der Waals surface area (Å²) in [6.07, 6.45) is 2.62. The molecule has 0 spiro atoms. The summed E-state index contributed by atoms with van der Waals surface area (Å²) in [5.41, 5.74) is 1.27. The lowest BCUT2D eigenvalue weighted by Crippen LogP contribution is -2.38.